The standard InChI is InChI=1S/C25H28N4O2/c1-31-21-12-10-19(11-13-21)17-29-16-6-7-20(18-29)24(22-8-2-4-14-26-22)28-25(30)23-9-3-5-15-27-23/h2-5,8-15,20,24H,6-7,16-18H2,1H3,(H,28,30). The van der Waals surface area contributed by atoms with Crippen molar-refractivity contribution in [3.05, 3.63) is 90.0 Å². The van der Waals surface area contributed by atoms with Crippen LogP contribution in [0.15, 0.2) is 73.1 Å². The van der Waals surface area contributed by atoms with Gasteiger partial charge in [-0.1, -0.05) is 24.3 Å². The van der Waals surface area contributed by atoms with E-state index in [2.05, 4.69) is 32.3 Å². The molecule has 3 aromatic rings. The van der Waals surface area contributed by atoms with E-state index in [1.165, 1.54) is 5.56 Å². The molecule has 1 aromatic carbocycles. The quantitative estimate of drug-likeness (QED) is 0.633. The third-order valence-corrected chi connectivity index (χ3v) is 5.77. The van der Waals surface area contributed by atoms with E-state index >= 15 is 0 Å². The van der Waals surface area contributed by atoms with Gasteiger partial charge in [-0.3, -0.25) is 19.7 Å². The lowest BCUT2D eigenvalue weighted by Gasteiger charge is -2.37. The first-order chi connectivity index (χ1) is 15.2. The number of pyridine rings is 2. The normalized spacial score (nSPS) is 17.6. The van der Waals surface area contributed by atoms with E-state index in [1.807, 2.05) is 42.5 Å². The summed E-state index contributed by atoms with van der Waals surface area (Å²) in [7, 11) is 1.68. The number of aromatic nitrogens is 2. The molecule has 0 spiro atoms. The molecule has 1 amide bonds. The number of likely N-dealkylation sites (tertiary alicyclic amines) is 1. The number of nitrogens with zero attached hydrogens (tertiary/aromatic N) is 3. The van der Waals surface area contributed by atoms with Crippen LogP contribution >= 0.6 is 0 Å². The molecule has 4 rings (SSSR count). The molecule has 2 aromatic heterocycles. The summed E-state index contributed by atoms with van der Waals surface area (Å²) in [6.07, 6.45) is 5.56. The maximum absolute atomic E-state index is 12.9. The highest BCUT2D eigenvalue weighted by atomic mass is 16.5. The monoisotopic (exact) mass is 416 g/mol. The summed E-state index contributed by atoms with van der Waals surface area (Å²) in [6, 6.07) is 19.3. The average molecular weight is 417 g/mol. The van der Waals surface area contributed by atoms with Crippen LogP contribution in [0, 0.1) is 5.92 Å². The second-order valence-corrected chi connectivity index (χ2v) is 7.91. The molecular formula is C25H28N4O2. The zero-order chi connectivity index (χ0) is 21.5. The number of methoxy groups -OCH3 is 1. The van der Waals surface area contributed by atoms with Crippen molar-refractivity contribution >= 4 is 5.91 Å². The molecule has 0 aliphatic carbocycles. The van der Waals surface area contributed by atoms with Gasteiger partial charge >= 0.3 is 0 Å². The predicted molar refractivity (Wildman–Crippen MR) is 120 cm³/mol. The van der Waals surface area contributed by atoms with Crippen LogP contribution in [-0.4, -0.2) is 41.0 Å². The Bertz CT molecular complexity index is 964. The average Bonchev–Trinajstić information content (AvgIpc) is 2.84. The minimum absolute atomic E-state index is 0.158. The van der Waals surface area contributed by atoms with Crippen molar-refractivity contribution in [2.75, 3.05) is 20.2 Å². The van der Waals surface area contributed by atoms with Crippen LogP contribution in [0.5, 0.6) is 5.75 Å². The van der Waals surface area contributed by atoms with Crippen molar-refractivity contribution in [3.8, 4) is 5.75 Å². The Morgan fingerprint density at radius 1 is 1.10 bits per heavy atom. The Hall–Kier alpha value is -3.25. The molecule has 31 heavy (non-hydrogen) atoms. The number of nitrogens with one attached hydrogen (secondary N) is 1. The summed E-state index contributed by atoms with van der Waals surface area (Å²) in [5.41, 5.74) is 2.57. The molecule has 1 N–H and O–H groups in total. The molecule has 1 saturated heterocycles. The third-order valence-electron chi connectivity index (χ3n) is 5.77. The molecule has 0 bridgehead atoms. The maximum Gasteiger partial charge on any atom is 0.270 e. The minimum Gasteiger partial charge on any atom is -0.497 e. The summed E-state index contributed by atoms with van der Waals surface area (Å²) in [5.74, 6) is 0.978. The highest BCUT2D eigenvalue weighted by Gasteiger charge is 2.31. The molecule has 6 nitrogen and oxygen atoms in total. The Labute approximate surface area is 183 Å². The molecule has 1 aliphatic rings. The van der Waals surface area contributed by atoms with Crippen LogP contribution in [-0.2, 0) is 6.54 Å². The van der Waals surface area contributed by atoms with Gasteiger partial charge in [0.2, 0.25) is 0 Å². The van der Waals surface area contributed by atoms with E-state index in [-0.39, 0.29) is 17.9 Å². The van der Waals surface area contributed by atoms with Gasteiger partial charge < -0.3 is 10.1 Å². The van der Waals surface area contributed by atoms with Gasteiger partial charge in [-0.2, -0.15) is 0 Å². The number of carbonyl (C=O) groups excluding carboxylic acids is 1. The third kappa shape index (κ3) is 5.47. The van der Waals surface area contributed by atoms with Crippen molar-refractivity contribution in [1.82, 2.24) is 20.2 Å². The second kappa shape index (κ2) is 10.2. The van der Waals surface area contributed by atoms with Gasteiger partial charge in [0.05, 0.1) is 18.8 Å². The number of piperidine rings is 1. The second-order valence-electron chi connectivity index (χ2n) is 7.91. The lowest BCUT2D eigenvalue weighted by Crippen LogP contribution is -2.43. The van der Waals surface area contributed by atoms with E-state index in [4.69, 9.17) is 4.74 Å². The number of hydrogen-bond acceptors (Lipinski definition) is 5. The van der Waals surface area contributed by atoms with Gasteiger partial charge in [0, 0.05) is 25.5 Å². The summed E-state index contributed by atoms with van der Waals surface area (Å²) >= 11 is 0. The number of ether oxygens (including phenoxy) is 1. The van der Waals surface area contributed by atoms with Crippen molar-refractivity contribution in [1.29, 1.82) is 0 Å². The maximum atomic E-state index is 12.9. The molecule has 1 aliphatic heterocycles. The highest BCUT2D eigenvalue weighted by Crippen LogP contribution is 2.30. The van der Waals surface area contributed by atoms with E-state index in [1.54, 1.807) is 25.6 Å². The number of benzene rings is 1. The van der Waals surface area contributed by atoms with Gasteiger partial charge in [-0.05, 0) is 67.3 Å². The smallest absolute Gasteiger partial charge is 0.270 e. The molecule has 0 radical (unpaired) electrons. The Balaban J connectivity index is 1.49. The Kier molecular flexibility index (Phi) is 6.89. The SMILES string of the molecule is COc1ccc(CN2CCCC(C(NC(=O)c3ccccn3)c3ccccn3)C2)cc1. The van der Waals surface area contributed by atoms with Crippen LogP contribution in [0.4, 0.5) is 0 Å². The summed E-state index contributed by atoms with van der Waals surface area (Å²) in [5, 5.41) is 3.21. The zero-order valence-electron chi connectivity index (χ0n) is 17.8. The molecular weight excluding hydrogens is 388 g/mol. The van der Waals surface area contributed by atoms with Gasteiger partial charge in [-0.15, -0.1) is 0 Å². The number of hydrogen-bond donors (Lipinski definition) is 1. The van der Waals surface area contributed by atoms with Gasteiger partial charge in [0.1, 0.15) is 11.4 Å². The first kappa shape index (κ1) is 21.0. The van der Waals surface area contributed by atoms with Gasteiger partial charge in [0.15, 0.2) is 0 Å². The van der Waals surface area contributed by atoms with Gasteiger partial charge in [0.25, 0.3) is 5.91 Å². The predicted octanol–water partition coefficient (Wildman–Crippen LogP) is 3.87. The van der Waals surface area contributed by atoms with Crippen LogP contribution in [0.3, 0.4) is 0 Å². The summed E-state index contributed by atoms with van der Waals surface area (Å²) in [6.45, 7) is 2.82. The van der Waals surface area contributed by atoms with Crippen LogP contribution in [0.2, 0.25) is 0 Å². The first-order valence-corrected chi connectivity index (χ1v) is 10.7. The van der Waals surface area contributed by atoms with Crippen LogP contribution in [0.1, 0.15) is 40.6 Å². The summed E-state index contributed by atoms with van der Waals surface area (Å²) in [4.78, 5) is 24.1. The van der Waals surface area contributed by atoms with Gasteiger partial charge in [-0.25, -0.2) is 0 Å². The Morgan fingerprint density at radius 3 is 2.55 bits per heavy atom. The molecule has 2 atom stereocenters. The van der Waals surface area contributed by atoms with E-state index in [0.29, 0.717) is 5.69 Å². The van der Waals surface area contributed by atoms with Crippen LogP contribution < -0.4 is 10.1 Å². The van der Waals surface area contributed by atoms with Crippen molar-refractivity contribution < 1.29 is 9.53 Å². The number of rotatable bonds is 7. The summed E-state index contributed by atoms with van der Waals surface area (Å²) < 4.78 is 5.26. The fourth-order valence-corrected chi connectivity index (χ4v) is 4.20. The molecule has 0 saturated carbocycles. The largest absolute Gasteiger partial charge is 0.497 e. The van der Waals surface area contributed by atoms with Crippen molar-refractivity contribution in [2.45, 2.75) is 25.4 Å². The molecule has 3 heterocycles. The molecule has 160 valence electrons. The highest BCUT2D eigenvalue weighted by molar-refractivity contribution is 5.92. The lowest BCUT2D eigenvalue weighted by molar-refractivity contribution is 0.0870. The fraction of sp³-hybridized carbons (Fsp3) is 0.320. The number of amides is 1. The van der Waals surface area contributed by atoms with E-state index < -0.39 is 0 Å². The molecule has 1 fully saturated rings. The Morgan fingerprint density at radius 2 is 1.87 bits per heavy atom. The van der Waals surface area contributed by atoms with E-state index in [9.17, 15) is 4.79 Å². The van der Waals surface area contributed by atoms with Crippen molar-refractivity contribution in [3.63, 3.8) is 0 Å². The lowest BCUT2D eigenvalue weighted by atomic mass is 9.88. The minimum atomic E-state index is -0.163. The fourth-order valence-electron chi connectivity index (χ4n) is 4.20. The molecule has 2 unspecified atom stereocenters. The first-order valence-electron chi connectivity index (χ1n) is 10.7. The van der Waals surface area contributed by atoms with Crippen molar-refractivity contribution in [2.24, 2.45) is 5.92 Å². The van der Waals surface area contributed by atoms with E-state index in [0.717, 1.165) is 43.9 Å². The zero-order valence-corrected chi connectivity index (χ0v) is 17.8. The molecule has 6 heteroatoms. The number of carbonyl (C=O) groups is 1. The van der Waals surface area contributed by atoms with Crippen LogP contribution in [0.25, 0.3) is 0 Å². The topological polar surface area (TPSA) is 67.3 Å².